The Morgan fingerprint density at radius 2 is 2.03 bits per heavy atom. The first-order valence-electron chi connectivity index (χ1n) is 10.3. The van der Waals surface area contributed by atoms with Crippen molar-refractivity contribution in [2.45, 2.75) is 39.3 Å². The molecule has 1 aromatic carbocycles. The first-order chi connectivity index (χ1) is 14.4. The van der Waals surface area contributed by atoms with Crippen molar-refractivity contribution >= 4 is 24.0 Å². The molecule has 1 aliphatic rings. The zero-order valence-electron chi connectivity index (χ0n) is 18.1. The second-order valence-corrected chi connectivity index (χ2v) is 7.51. The third-order valence-electron chi connectivity index (χ3n) is 5.65. The highest BCUT2D eigenvalue weighted by molar-refractivity contribution is 5.98. The van der Waals surface area contributed by atoms with E-state index in [1.165, 1.54) is 11.0 Å². The number of nitrogens with one attached hydrogen (secondary N) is 1. The van der Waals surface area contributed by atoms with Gasteiger partial charge in [-0.3, -0.25) is 19.2 Å². The maximum atomic E-state index is 13.0. The van der Waals surface area contributed by atoms with Crippen molar-refractivity contribution in [3.05, 3.63) is 34.9 Å². The number of carbonyl (C=O) groups is 4. The van der Waals surface area contributed by atoms with Crippen LogP contribution in [0.2, 0.25) is 0 Å². The molecule has 0 aliphatic carbocycles. The molecule has 8 heteroatoms. The summed E-state index contributed by atoms with van der Waals surface area (Å²) in [6.45, 7) is 4.84. The van der Waals surface area contributed by atoms with E-state index in [9.17, 15) is 19.2 Å². The SMILES string of the molecule is CCC(CC)C1C(=O)NCC(=O)N1Cc1ccc(C=O)cc1C(=O)N(C)CCOC. The van der Waals surface area contributed by atoms with Gasteiger partial charge in [-0.05, 0) is 17.5 Å². The number of aldehydes is 1. The molecule has 1 aromatic rings. The molecule has 1 N–H and O–H groups in total. The molecular formula is C22H31N3O5. The van der Waals surface area contributed by atoms with Gasteiger partial charge in [-0.25, -0.2) is 0 Å². The Balaban J connectivity index is 2.41. The van der Waals surface area contributed by atoms with Crippen LogP contribution in [0.25, 0.3) is 0 Å². The monoisotopic (exact) mass is 417 g/mol. The Bertz CT molecular complexity index is 791. The third kappa shape index (κ3) is 5.24. The highest BCUT2D eigenvalue weighted by atomic mass is 16.5. The number of hydrogen-bond acceptors (Lipinski definition) is 5. The van der Waals surface area contributed by atoms with Crippen molar-refractivity contribution in [2.24, 2.45) is 5.92 Å². The molecule has 0 radical (unpaired) electrons. The minimum absolute atomic E-state index is 0.0204. The summed E-state index contributed by atoms with van der Waals surface area (Å²) >= 11 is 0. The van der Waals surface area contributed by atoms with E-state index >= 15 is 0 Å². The van der Waals surface area contributed by atoms with Gasteiger partial charge in [-0.2, -0.15) is 0 Å². The van der Waals surface area contributed by atoms with Gasteiger partial charge in [0.1, 0.15) is 12.3 Å². The van der Waals surface area contributed by atoms with Crippen molar-refractivity contribution in [1.29, 1.82) is 0 Å². The number of rotatable bonds is 10. The maximum Gasteiger partial charge on any atom is 0.254 e. The number of carbonyl (C=O) groups excluding carboxylic acids is 4. The number of likely N-dealkylation sites (N-methyl/N-ethyl adjacent to an activating group) is 1. The Hall–Kier alpha value is -2.74. The Labute approximate surface area is 177 Å². The van der Waals surface area contributed by atoms with Crippen LogP contribution in [-0.4, -0.2) is 73.7 Å². The predicted molar refractivity (Wildman–Crippen MR) is 112 cm³/mol. The summed E-state index contributed by atoms with van der Waals surface area (Å²) in [5.74, 6) is -0.597. The molecule has 1 fully saturated rings. The van der Waals surface area contributed by atoms with Gasteiger partial charge in [-0.15, -0.1) is 0 Å². The lowest BCUT2D eigenvalue weighted by Crippen LogP contribution is -2.60. The van der Waals surface area contributed by atoms with Gasteiger partial charge in [0.2, 0.25) is 11.8 Å². The maximum absolute atomic E-state index is 13.0. The summed E-state index contributed by atoms with van der Waals surface area (Å²) in [6, 6.07) is 4.26. The van der Waals surface area contributed by atoms with Gasteiger partial charge in [0.15, 0.2) is 0 Å². The van der Waals surface area contributed by atoms with Crippen LogP contribution in [0.5, 0.6) is 0 Å². The van der Waals surface area contributed by atoms with E-state index in [4.69, 9.17) is 4.74 Å². The molecule has 1 heterocycles. The Kier molecular flexibility index (Phi) is 8.53. The van der Waals surface area contributed by atoms with Gasteiger partial charge in [0, 0.05) is 38.4 Å². The van der Waals surface area contributed by atoms with Crippen molar-refractivity contribution < 1.29 is 23.9 Å². The molecule has 0 saturated carbocycles. The zero-order valence-corrected chi connectivity index (χ0v) is 18.1. The first kappa shape index (κ1) is 23.5. The summed E-state index contributed by atoms with van der Waals surface area (Å²) in [7, 11) is 3.22. The zero-order chi connectivity index (χ0) is 22.3. The van der Waals surface area contributed by atoms with Crippen LogP contribution in [0.1, 0.15) is 53.0 Å². The average Bonchev–Trinajstić information content (AvgIpc) is 2.76. The minimum atomic E-state index is -0.582. The molecule has 1 unspecified atom stereocenters. The van der Waals surface area contributed by atoms with Gasteiger partial charge in [0.05, 0.1) is 13.2 Å². The van der Waals surface area contributed by atoms with Crippen LogP contribution in [0, 0.1) is 5.92 Å². The lowest BCUT2D eigenvalue weighted by molar-refractivity contribution is -0.148. The van der Waals surface area contributed by atoms with E-state index in [2.05, 4.69) is 5.32 Å². The van der Waals surface area contributed by atoms with Crippen LogP contribution >= 0.6 is 0 Å². The van der Waals surface area contributed by atoms with Crippen molar-refractivity contribution in [2.75, 3.05) is 33.9 Å². The number of hydrogen-bond donors (Lipinski definition) is 1. The van der Waals surface area contributed by atoms with Gasteiger partial charge in [-0.1, -0.05) is 38.8 Å². The van der Waals surface area contributed by atoms with Crippen LogP contribution < -0.4 is 5.32 Å². The third-order valence-corrected chi connectivity index (χ3v) is 5.65. The largest absolute Gasteiger partial charge is 0.383 e. The van der Waals surface area contributed by atoms with E-state index in [0.29, 0.717) is 36.1 Å². The molecule has 0 aromatic heterocycles. The number of benzene rings is 1. The van der Waals surface area contributed by atoms with Crippen LogP contribution in [0.3, 0.4) is 0 Å². The fourth-order valence-electron chi connectivity index (χ4n) is 3.78. The topological polar surface area (TPSA) is 96.0 Å². The van der Waals surface area contributed by atoms with E-state index in [1.54, 1.807) is 31.2 Å². The van der Waals surface area contributed by atoms with Crippen LogP contribution in [0.4, 0.5) is 0 Å². The van der Waals surface area contributed by atoms with Crippen molar-refractivity contribution in [1.82, 2.24) is 15.1 Å². The normalized spacial score (nSPS) is 16.6. The van der Waals surface area contributed by atoms with Crippen LogP contribution in [-0.2, 0) is 20.9 Å². The number of nitrogens with zero attached hydrogens (tertiary/aromatic N) is 2. The van der Waals surface area contributed by atoms with Gasteiger partial charge in [0.25, 0.3) is 5.91 Å². The van der Waals surface area contributed by atoms with Crippen LogP contribution in [0.15, 0.2) is 18.2 Å². The van der Waals surface area contributed by atoms with Crippen molar-refractivity contribution in [3.63, 3.8) is 0 Å². The van der Waals surface area contributed by atoms with Crippen molar-refractivity contribution in [3.8, 4) is 0 Å². The van der Waals surface area contributed by atoms with E-state index in [1.807, 2.05) is 13.8 Å². The predicted octanol–water partition coefficient (Wildman–Crippen LogP) is 1.48. The number of piperazine rings is 1. The Morgan fingerprint density at radius 3 is 2.63 bits per heavy atom. The summed E-state index contributed by atoms with van der Waals surface area (Å²) in [5, 5.41) is 2.68. The standard InChI is InChI=1S/C22H31N3O5/c1-5-16(6-2)20-21(28)23-12-19(27)25(20)13-17-8-7-15(14-26)11-18(17)22(29)24(3)9-10-30-4/h7-8,11,14,16,20H,5-6,9-10,12-13H2,1-4H3,(H,23,28). The molecule has 1 saturated heterocycles. The summed E-state index contributed by atoms with van der Waals surface area (Å²) < 4.78 is 5.04. The quantitative estimate of drug-likeness (QED) is 0.582. The average molecular weight is 418 g/mol. The van der Waals surface area contributed by atoms with Gasteiger partial charge < -0.3 is 19.9 Å². The van der Waals surface area contributed by atoms with E-state index in [-0.39, 0.29) is 36.7 Å². The molecule has 30 heavy (non-hydrogen) atoms. The highest BCUT2D eigenvalue weighted by Crippen LogP contribution is 2.25. The molecule has 3 amide bonds. The molecule has 2 rings (SSSR count). The fraction of sp³-hybridized carbons (Fsp3) is 0.545. The molecule has 1 aliphatic heterocycles. The van der Waals surface area contributed by atoms with E-state index in [0.717, 1.165) is 12.8 Å². The number of ether oxygens (including phenoxy) is 1. The summed E-state index contributed by atoms with van der Waals surface area (Å²) in [5.41, 5.74) is 1.33. The highest BCUT2D eigenvalue weighted by Gasteiger charge is 2.39. The molecular weight excluding hydrogens is 386 g/mol. The molecule has 164 valence electrons. The molecule has 1 atom stereocenters. The summed E-state index contributed by atoms with van der Waals surface area (Å²) in [6.07, 6.45) is 2.20. The second kappa shape index (κ2) is 10.9. The minimum Gasteiger partial charge on any atom is -0.383 e. The molecule has 0 bridgehead atoms. The number of amides is 3. The lowest BCUT2D eigenvalue weighted by atomic mass is 9.90. The molecule has 8 nitrogen and oxygen atoms in total. The number of methoxy groups -OCH3 is 1. The van der Waals surface area contributed by atoms with Gasteiger partial charge >= 0.3 is 0 Å². The molecule has 0 spiro atoms. The first-order valence-corrected chi connectivity index (χ1v) is 10.3. The Morgan fingerprint density at radius 1 is 1.33 bits per heavy atom. The lowest BCUT2D eigenvalue weighted by Gasteiger charge is -2.39. The summed E-state index contributed by atoms with van der Waals surface area (Å²) in [4.78, 5) is 52.7. The second-order valence-electron chi connectivity index (χ2n) is 7.51. The fourth-order valence-corrected chi connectivity index (χ4v) is 3.78. The smallest absolute Gasteiger partial charge is 0.254 e. The van der Waals surface area contributed by atoms with E-state index < -0.39 is 6.04 Å².